The first-order valence-corrected chi connectivity index (χ1v) is 12.5. The van der Waals surface area contributed by atoms with Crippen LogP contribution in [-0.4, -0.2) is 27.2 Å². The van der Waals surface area contributed by atoms with E-state index >= 15 is 0 Å². The number of rotatable bonds is 9. The Bertz CT molecular complexity index is 1370. The molecule has 1 saturated carbocycles. The number of amides is 1. The van der Waals surface area contributed by atoms with Crippen LogP contribution in [0.5, 0.6) is 0 Å². The summed E-state index contributed by atoms with van der Waals surface area (Å²) in [4.78, 5) is 17.7. The van der Waals surface area contributed by atoms with Crippen LogP contribution in [0.3, 0.4) is 0 Å². The molecule has 1 fully saturated rings. The van der Waals surface area contributed by atoms with Crippen LogP contribution in [0, 0.1) is 12.8 Å². The van der Waals surface area contributed by atoms with Crippen LogP contribution in [-0.2, 0) is 6.54 Å². The number of nitrogens with two attached hydrogens (primary N) is 1. The maximum atomic E-state index is 13.4. The monoisotopic (exact) mass is 500 g/mol. The molecule has 0 bridgehead atoms. The number of aromatic nitrogens is 3. The van der Waals surface area contributed by atoms with E-state index < -0.39 is 0 Å². The summed E-state index contributed by atoms with van der Waals surface area (Å²) in [5.41, 5.74) is 11.3. The Hall–Kier alpha value is -3.52. The molecule has 2 aromatic heterocycles. The molecular weight excluding hydrogens is 472 g/mol. The molecule has 0 aliphatic heterocycles. The predicted molar refractivity (Wildman–Crippen MR) is 142 cm³/mol. The number of anilines is 1. The Morgan fingerprint density at radius 2 is 2.00 bits per heavy atom. The SMILES string of the molecule is Cc1cc(C(=O)Nc2cc(C(NCC3CC3)c3cccnc3)ccc2Cl)n(-c2cccc(CN)c2)n1. The molecule has 0 radical (unpaired) electrons. The number of hydrogen-bond acceptors (Lipinski definition) is 5. The lowest BCUT2D eigenvalue weighted by molar-refractivity contribution is 0.101. The predicted octanol–water partition coefficient (Wildman–Crippen LogP) is 5.03. The number of nitrogens with zero attached hydrogens (tertiary/aromatic N) is 3. The Morgan fingerprint density at radius 3 is 2.75 bits per heavy atom. The van der Waals surface area contributed by atoms with Crippen molar-refractivity contribution < 1.29 is 4.79 Å². The third-order valence-electron chi connectivity index (χ3n) is 6.35. The van der Waals surface area contributed by atoms with Gasteiger partial charge in [0.15, 0.2) is 0 Å². The summed E-state index contributed by atoms with van der Waals surface area (Å²) in [6.07, 6.45) is 6.16. The zero-order valence-corrected chi connectivity index (χ0v) is 20.9. The van der Waals surface area contributed by atoms with Crippen LogP contribution in [0.1, 0.15) is 51.8 Å². The van der Waals surface area contributed by atoms with Gasteiger partial charge in [-0.25, -0.2) is 4.68 Å². The first-order chi connectivity index (χ1) is 17.5. The van der Waals surface area contributed by atoms with Crippen molar-refractivity contribution in [3.05, 3.63) is 106 Å². The van der Waals surface area contributed by atoms with Crippen molar-refractivity contribution in [2.45, 2.75) is 32.4 Å². The molecule has 1 amide bonds. The lowest BCUT2D eigenvalue weighted by Crippen LogP contribution is -2.25. The molecule has 184 valence electrons. The third-order valence-corrected chi connectivity index (χ3v) is 6.68. The molecule has 2 heterocycles. The fourth-order valence-electron chi connectivity index (χ4n) is 4.26. The topological polar surface area (TPSA) is 97.9 Å². The third kappa shape index (κ3) is 5.49. The molecule has 8 heteroatoms. The smallest absolute Gasteiger partial charge is 0.274 e. The number of carbonyl (C=O) groups is 1. The summed E-state index contributed by atoms with van der Waals surface area (Å²) in [5, 5.41) is 11.7. The van der Waals surface area contributed by atoms with Gasteiger partial charge in [-0.2, -0.15) is 5.10 Å². The summed E-state index contributed by atoms with van der Waals surface area (Å²) in [6.45, 7) is 3.20. The van der Waals surface area contributed by atoms with Gasteiger partial charge in [-0.05, 0) is 85.3 Å². The molecule has 1 atom stereocenters. The first kappa shape index (κ1) is 24.2. The van der Waals surface area contributed by atoms with Crippen molar-refractivity contribution in [1.29, 1.82) is 0 Å². The van der Waals surface area contributed by atoms with Crippen LogP contribution >= 0.6 is 11.6 Å². The van der Waals surface area contributed by atoms with E-state index in [9.17, 15) is 4.79 Å². The standard InChI is InChI=1S/C28H29ClN6O/c1-18-12-26(35(34-18)23-6-2-4-20(13-23)15-30)28(36)33-25-14-21(9-10-24(25)29)27(32-16-19-7-8-19)22-5-3-11-31-17-22/h2-6,9-14,17,19,27,32H,7-8,15-16,30H2,1H3,(H,33,36). The van der Waals surface area contributed by atoms with E-state index in [1.807, 2.05) is 61.7 Å². The van der Waals surface area contributed by atoms with E-state index in [0.717, 1.165) is 40.5 Å². The van der Waals surface area contributed by atoms with Gasteiger partial charge in [-0.15, -0.1) is 0 Å². The number of hydrogen-bond donors (Lipinski definition) is 3. The molecule has 7 nitrogen and oxygen atoms in total. The van der Waals surface area contributed by atoms with E-state index in [4.69, 9.17) is 17.3 Å². The quantitative estimate of drug-likeness (QED) is 0.299. The van der Waals surface area contributed by atoms with E-state index in [-0.39, 0.29) is 11.9 Å². The van der Waals surface area contributed by atoms with Crippen LogP contribution in [0.15, 0.2) is 73.1 Å². The minimum absolute atomic E-state index is 0.0565. The Morgan fingerprint density at radius 1 is 1.14 bits per heavy atom. The molecule has 36 heavy (non-hydrogen) atoms. The van der Waals surface area contributed by atoms with Gasteiger partial charge >= 0.3 is 0 Å². The highest BCUT2D eigenvalue weighted by Crippen LogP contribution is 2.32. The van der Waals surface area contributed by atoms with Crippen molar-refractivity contribution in [2.75, 3.05) is 11.9 Å². The Kier molecular flexibility index (Phi) is 7.13. The molecule has 5 rings (SSSR count). The van der Waals surface area contributed by atoms with Crippen molar-refractivity contribution in [2.24, 2.45) is 11.7 Å². The van der Waals surface area contributed by atoms with Gasteiger partial charge in [0.25, 0.3) is 5.91 Å². The molecule has 4 N–H and O–H groups in total. The van der Waals surface area contributed by atoms with Crippen molar-refractivity contribution in [1.82, 2.24) is 20.1 Å². The highest BCUT2D eigenvalue weighted by atomic mass is 35.5. The molecule has 0 saturated heterocycles. The summed E-state index contributed by atoms with van der Waals surface area (Å²) in [5.74, 6) is 0.425. The number of aryl methyl sites for hydroxylation is 1. The lowest BCUT2D eigenvalue weighted by Gasteiger charge is -2.21. The Labute approximate surface area is 215 Å². The molecular formula is C28H29ClN6O. The maximum Gasteiger partial charge on any atom is 0.274 e. The van der Waals surface area contributed by atoms with Crippen molar-refractivity contribution >= 4 is 23.2 Å². The number of pyridine rings is 1. The van der Waals surface area contributed by atoms with E-state index in [1.54, 1.807) is 16.9 Å². The van der Waals surface area contributed by atoms with Crippen LogP contribution < -0.4 is 16.4 Å². The summed E-state index contributed by atoms with van der Waals surface area (Å²) in [7, 11) is 0. The van der Waals surface area contributed by atoms with Crippen LogP contribution in [0.25, 0.3) is 5.69 Å². The average molecular weight is 501 g/mol. The minimum Gasteiger partial charge on any atom is -0.326 e. The van der Waals surface area contributed by atoms with E-state index in [0.29, 0.717) is 22.9 Å². The molecule has 2 aromatic carbocycles. The Balaban J connectivity index is 1.43. The maximum absolute atomic E-state index is 13.4. The molecule has 1 aliphatic rings. The highest BCUT2D eigenvalue weighted by Gasteiger charge is 2.24. The second kappa shape index (κ2) is 10.6. The number of benzene rings is 2. The largest absolute Gasteiger partial charge is 0.326 e. The molecule has 4 aromatic rings. The summed E-state index contributed by atoms with van der Waals surface area (Å²) in [6, 6.07) is 19.1. The zero-order valence-electron chi connectivity index (χ0n) is 20.1. The number of nitrogens with one attached hydrogen (secondary N) is 2. The van der Waals surface area contributed by atoms with Crippen molar-refractivity contribution in [3.63, 3.8) is 0 Å². The summed E-state index contributed by atoms with van der Waals surface area (Å²) >= 11 is 6.53. The number of carbonyl (C=O) groups excluding carboxylic acids is 1. The van der Waals surface area contributed by atoms with Crippen LogP contribution in [0.2, 0.25) is 5.02 Å². The highest BCUT2D eigenvalue weighted by molar-refractivity contribution is 6.34. The molecule has 1 aliphatic carbocycles. The summed E-state index contributed by atoms with van der Waals surface area (Å²) < 4.78 is 1.64. The fraction of sp³-hybridized carbons (Fsp3) is 0.250. The van der Waals surface area contributed by atoms with Crippen LogP contribution in [0.4, 0.5) is 5.69 Å². The van der Waals surface area contributed by atoms with Gasteiger partial charge < -0.3 is 16.4 Å². The second-order valence-electron chi connectivity index (χ2n) is 9.22. The molecule has 0 spiro atoms. The number of halogens is 1. The molecule has 1 unspecified atom stereocenters. The second-order valence-corrected chi connectivity index (χ2v) is 9.63. The normalized spacial score (nSPS) is 14.0. The minimum atomic E-state index is -0.295. The lowest BCUT2D eigenvalue weighted by atomic mass is 9.99. The van der Waals surface area contributed by atoms with Gasteiger partial charge in [0.05, 0.1) is 28.1 Å². The van der Waals surface area contributed by atoms with Gasteiger partial charge in [0, 0.05) is 18.9 Å². The van der Waals surface area contributed by atoms with Gasteiger partial charge in [0.1, 0.15) is 5.69 Å². The van der Waals surface area contributed by atoms with Gasteiger partial charge in [-0.3, -0.25) is 9.78 Å². The van der Waals surface area contributed by atoms with Gasteiger partial charge in [0.2, 0.25) is 0 Å². The van der Waals surface area contributed by atoms with Gasteiger partial charge in [-0.1, -0.05) is 35.9 Å². The first-order valence-electron chi connectivity index (χ1n) is 12.1. The van der Waals surface area contributed by atoms with Crippen molar-refractivity contribution in [3.8, 4) is 5.69 Å². The van der Waals surface area contributed by atoms with E-state index in [1.165, 1.54) is 12.8 Å². The zero-order chi connectivity index (χ0) is 25.1. The fourth-order valence-corrected chi connectivity index (χ4v) is 4.42. The van der Waals surface area contributed by atoms with E-state index in [2.05, 4.69) is 26.8 Å². The average Bonchev–Trinajstić information content (AvgIpc) is 3.65.